The van der Waals surface area contributed by atoms with Crippen LogP contribution in [-0.4, -0.2) is 34.9 Å². The van der Waals surface area contributed by atoms with Gasteiger partial charge in [0.1, 0.15) is 0 Å². The fourth-order valence-electron chi connectivity index (χ4n) is 3.66. The molecule has 1 amide bonds. The van der Waals surface area contributed by atoms with Crippen LogP contribution in [0.3, 0.4) is 0 Å². The predicted molar refractivity (Wildman–Crippen MR) is 111 cm³/mol. The van der Waals surface area contributed by atoms with E-state index in [0.717, 1.165) is 49.4 Å². The summed E-state index contributed by atoms with van der Waals surface area (Å²) in [4.78, 5) is 19.3. The molecule has 5 heteroatoms. The molecule has 0 radical (unpaired) electrons. The standard InChI is InChI=1S/C22H25N3OS/c26-21(11-6-12-22-24-19-9-4-5-10-20(19)27-22)23-18-13-14-25(16-18)15-17-7-2-1-3-8-17/h1-5,7-10,18H,6,11-16H2,(H,23,26). The molecule has 1 atom stereocenters. The highest BCUT2D eigenvalue weighted by molar-refractivity contribution is 7.18. The van der Waals surface area contributed by atoms with E-state index in [0.29, 0.717) is 6.42 Å². The van der Waals surface area contributed by atoms with Gasteiger partial charge in [-0.15, -0.1) is 11.3 Å². The summed E-state index contributed by atoms with van der Waals surface area (Å²) in [5, 5.41) is 4.33. The molecule has 2 heterocycles. The highest BCUT2D eigenvalue weighted by Crippen LogP contribution is 2.22. The number of hydrogen-bond donors (Lipinski definition) is 1. The molecule has 2 aromatic carbocycles. The Labute approximate surface area is 164 Å². The summed E-state index contributed by atoms with van der Waals surface area (Å²) < 4.78 is 1.22. The highest BCUT2D eigenvalue weighted by Gasteiger charge is 2.23. The molecule has 1 fully saturated rings. The predicted octanol–water partition coefficient (Wildman–Crippen LogP) is 4.01. The first kappa shape index (κ1) is 18.1. The Morgan fingerprint density at radius 3 is 2.81 bits per heavy atom. The zero-order valence-electron chi connectivity index (χ0n) is 15.4. The smallest absolute Gasteiger partial charge is 0.220 e. The zero-order valence-corrected chi connectivity index (χ0v) is 16.3. The Hall–Kier alpha value is -2.24. The van der Waals surface area contributed by atoms with Crippen molar-refractivity contribution in [3.05, 3.63) is 65.2 Å². The van der Waals surface area contributed by atoms with Gasteiger partial charge in [0.2, 0.25) is 5.91 Å². The van der Waals surface area contributed by atoms with Crippen molar-refractivity contribution in [3.63, 3.8) is 0 Å². The number of benzene rings is 2. The maximum atomic E-state index is 12.3. The Balaban J connectivity index is 1.18. The Bertz CT molecular complexity index is 860. The molecule has 1 unspecified atom stereocenters. The van der Waals surface area contributed by atoms with Crippen LogP contribution in [0.4, 0.5) is 0 Å². The number of carbonyl (C=O) groups is 1. The molecule has 4 nitrogen and oxygen atoms in total. The summed E-state index contributed by atoms with van der Waals surface area (Å²) >= 11 is 1.73. The van der Waals surface area contributed by atoms with Gasteiger partial charge in [-0.1, -0.05) is 42.5 Å². The fraction of sp³-hybridized carbons (Fsp3) is 0.364. The molecule has 1 aromatic heterocycles. The molecule has 1 aliphatic rings. The normalized spacial score (nSPS) is 17.4. The monoisotopic (exact) mass is 379 g/mol. The van der Waals surface area contributed by atoms with Gasteiger partial charge in [0.25, 0.3) is 0 Å². The van der Waals surface area contributed by atoms with Crippen molar-refractivity contribution in [1.82, 2.24) is 15.2 Å². The van der Waals surface area contributed by atoms with Crippen LogP contribution in [0.25, 0.3) is 10.2 Å². The summed E-state index contributed by atoms with van der Waals surface area (Å²) in [6.45, 7) is 2.95. The first-order chi connectivity index (χ1) is 13.3. The third-order valence-corrected chi connectivity index (χ3v) is 6.12. The molecule has 0 aliphatic carbocycles. The van der Waals surface area contributed by atoms with Crippen molar-refractivity contribution >= 4 is 27.5 Å². The minimum absolute atomic E-state index is 0.169. The lowest BCUT2D eigenvalue weighted by Gasteiger charge is -2.16. The maximum absolute atomic E-state index is 12.3. The number of likely N-dealkylation sites (tertiary alicyclic amines) is 1. The van der Waals surface area contributed by atoms with Gasteiger partial charge >= 0.3 is 0 Å². The second kappa shape index (κ2) is 8.63. The number of aryl methyl sites for hydroxylation is 1. The van der Waals surface area contributed by atoms with E-state index in [4.69, 9.17) is 0 Å². The van der Waals surface area contributed by atoms with Crippen LogP contribution in [0.5, 0.6) is 0 Å². The van der Waals surface area contributed by atoms with Crippen LogP contribution in [0.2, 0.25) is 0 Å². The van der Waals surface area contributed by atoms with Crippen molar-refractivity contribution in [2.45, 2.75) is 38.3 Å². The summed E-state index contributed by atoms with van der Waals surface area (Å²) in [5.74, 6) is 0.169. The van der Waals surface area contributed by atoms with Gasteiger partial charge in [0.05, 0.1) is 15.2 Å². The Kier molecular flexibility index (Phi) is 5.80. The van der Waals surface area contributed by atoms with Gasteiger partial charge in [-0.2, -0.15) is 0 Å². The Morgan fingerprint density at radius 2 is 1.96 bits per heavy atom. The highest BCUT2D eigenvalue weighted by atomic mass is 32.1. The lowest BCUT2D eigenvalue weighted by atomic mass is 10.2. The molecule has 1 aliphatic heterocycles. The molecule has 0 saturated carbocycles. The summed E-state index contributed by atoms with van der Waals surface area (Å²) in [7, 11) is 0. The van der Waals surface area contributed by atoms with E-state index < -0.39 is 0 Å². The number of thiazole rings is 1. The minimum Gasteiger partial charge on any atom is -0.352 e. The number of nitrogens with one attached hydrogen (secondary N) is 1. The van der Waals surface area contributed by atoms with Crippen LogP contribution in [0.15, 0.2) is 54.6 Å². The zero-order chi connectivity index (χ0) is 18.5. The number of hydrogen-bond acceptors (Lipinski definition) is 4. The Morgan fingerprint density at radius 1 is 1.15 bits per heavy atom. The van der Waals surface area contributed by atoms with Gasteiger partial charge in [0.15, 0.2) is 0 Å². The topological polar surface area (TPSA) is 45.2 Å². The second-order valence-corrected chi connectivity index (χ2v) is 8.32. The summed E-state index contributed by atoms with van der Waals surface area (Å²) in [6.07, 6.45) is 3.34. The molecule has 140 valence electrons. The van der Waals surface area contributed by atoms with Gasteiger partial charge in [-0.3, -0.25) is 9.69 Å². The number of aromatic nitrogens is 1. The number of para-hydroxylation sites is 1. The quantitative estimate of drug-likeness (QED) is 0.675. The first-order valence-corrected chi connectivity index (χ1v) is 10.5. The van der Waals surface area contributed by atoms with Crippen LogP contribution in [-0.2, 0) is 17.8 Å². The van der Waals surface area contributed by atoms with Gasteiger partial charge in [-0.25, -0.2) is 4.98 Å². The molecule has 1 saturated heterocycles. The van der Waals surface area contributed by atoms with Gasteiger partial charge < -0.3 is 5.32 Å². The summed E-state index contributed by atoms with van der Waals surface area (Å²) in [5.41, 5.74) is 2.40. The van der Waals surface area contributed by atoms with E-state index in [9.17, 15) is 4.79 Å². The molecule has 3 aromatic rings. The maximum Gasteiger partial charge on any atom is 0.220 e. The number of carbonyl (C=O) groups excluding carboxylic acids is 1. The van der Waals surface area contributed by atoms with E-state index >= 15 is 0 Å². The second-order valence-electron chi connectivity index (χ2n) is 7.20. The van der Waals surface area contributed by atoms with Gasteiger partial charge in [0, 0.05) is 32.1 Å². The van der Waals surface area contributed by atoms with Crippen LogP contribution >= 0.6 is 11.3 Å². The van der Waals surface area contributed by atoms with Crippen molar-refractivity contribution < 1.29 is 4.79 Å². The largest absolute Gasteiger partial charge is 0.352 e. The van der Waals surface area contributed by atoms with Gasteiger partial charge in [-0.05, 0) is 37.0 Å². The molecular weight excluding hydrogens is 354 g/mol. The molecule has 27 heavy (non-hydrogen) atoms. The molecule has 4 rings (SSSR count). The van der Waals surface area contributed by atoms with Crippen molar-refractivity contribution in [3.8, 4) is 0 Å². The van der Waals surface area contributed by atoms with Crippen LogP contribution < -0.4 is 5.32 Å². The molecule has 0 bridgehead atoms. The first-order valence-electron chi connectivity index (χ1n) is 9.66. The van der Waals surface area contributed by atoms with E-state index in [1.54, 1.807) is 11.3 Å². The van der Waals surface area contributed by atoms with E-state index in [2.05, 4.69) is 45.5 Å². The third kappa shape index (κ3) is 4.93. The fourth-order valence-corrected chi connectivity index (χ4v) is 4.67. The SMILES string of the molecule is O=C(CCCc1nc2ccccc2s1)NC1CCN(Cc2ccccc2)C1. The summed E-state index contributed by atoms with van der Waals surface area (Å²) in [6, 6.07) is 19.0. The molecule has 0 spiro atoms. The van der Waals surface area contributed by atoms with Crippen molar-refractivity contribution in [2.75, 3.05) is 13.1 Å². The molecule has 1 N–H and O–H groups in total. The number of rotatable bonds is 7. The average Bonchev–Trinajstić information content (AvgIpc) is 3.28. The van der Waals surface area contributed by atoms with E-state index in [1.807, 2.05) is 24.3 Å². The lowest BCUT2D eigenvalue weighted by molar-refractivity contribution is -0.121. The molecular formula is C22H25N3OS. The van der Waals surface area contributed by atoms with E-state index in [-0.39, 0.29) is 11.9 Å². The lowest BCUT2D eigenvalue weighted by Crippen LogP contribution is -2.36. The van der Waals surface area contributed by atoms with E-state index in [1.165, 1.54) is 10.3 Å². The number of amides is 1. The van der Waals surface area contributed by atoms with Crippen molar-refractivity contribution in [1.29, 1.82) is 0 Å². The minimum atomic E-state index is 0.169. The number of fused-ring (bicyclic) bond motifs is 1. The van der Waals surface area contributed by atoms with Crippen LogP contribution in [0.1, 0.15) is 29.8 Å². The van der Waals surface area contributed by atoms with Crippen LogP contribution in [0, 0.1) is 0 Å². The average molecular weight is 380 g/mol. The van der Waals surface area contributed by atoms with Crippen molar-refractivity contribution in [2.24, 2.45) is 0 Å². The number of nitrogens with zero attached hydrogens (tertiary/aromatic N) is 2. The third-order valence-electron chi connectivity index (χ3n) is 5.02.